The highest BCUT2D eigenvalue weighted by Crippen LogP contribution is 2.38. The average Bonchev–Trinajstić information content (AvgIpc) is 3.40. The summed E-state index contributed by atoms with van der Waals surface area (Å²) >= 11 is 0. The number of hydrogen-bond donors (Lipinski definition) is 2. The third-order valence-corrected chi connectivity index (χ3v) is 5.90. The van der Waals surface area contributed by atoms with Crippen LogP contribution in [-0.4, -0.2) is 49.6 Å². The summed E-state index contributed by atoms with van der Waals surface area (Å²) in [5, 5.41) is 4.31. The van der Waals surface area contributed by atoms with E-state index in [1.807, 2.05) is 30.5 Å². The van der Waals surface area contributed by atoms with Crippen LogP contribution >= 0.6 is 0 Å². The number of likely N-dealkylation sites (tertiary alicyclic amines) is 1. The summed E-state index contributed by atoms with van der Waals surface area (Å²) in [4.78, 5) is 18.1. The van der Waals surface area contributed by atoms with E-state index in [1.165, 1.54) is 10.9 Å². The molecule has 6 nitrogen and oxygen atoms in total. The van der Waals surface area contributed by atoms with Crippen molar-refractivity contribution in [1.82, 2.24) is 15.2 Å². The van der Waals surface area contributed by atoms with Gasteiger partial charge < -0.3 is 19.8 Å². The molecule has 0 bridgehead atoms. The fourth-order valence-electron chi connectivity index (χ4n) is 4.38. The molecule has 1 aliphatic rings. The molecular formula is C24H29N3O3. The van der Waals surface area contributed by atoms with E-state index in [9.17, 15) is 4.79 Å². The number of aromatic nitrogens is 1. The van der Waals surface area contributed by atoms with E-state index in [0.717, 1.165) is 48.4 Å². The van der Waals surface area contributed by atoms with Gasteiger partial charge in [-0.05, 0) is 43.5 Å². The zero-order valence-corrected chi connectivity index (χ0v) is 17.6. The molecule has 1 atom stereocenters. The Morgan fingerprint density at radius 2 is 2.07 bits per heavy atom. The van der Waals surface area contributed by atoms with Gasteiger partial charge >= 0.3 is 0 Å². The Hall–Kier alpha value is -2.99. The van der Waals surface area contributed by atoms with Crippen molar-refractivity contribution in [2.45, 2.75) is 25.3 Å². The van der Waals surface area contributed by atoms with Crippen LogP contribution in [0, 0.1) is 0 Å². The van der Waals surface area contributed by atoms with Gasteiger partial charge in [0.15, 0.2) is 0 Å². The van der Waals surface area contributed by atoms with Crippen LogP contribution in [0.25, 0.3) is 10.9 Å². The molecule has 1 saturated heterocycles. The first-order valence-electron chi connectivity index (χ1n) is 10.5. The highest BCUT2D eigenvalue weighted by molar-refractivity contribution is 5.83. The quantitative estimate of drug-likeness (QED) is 0.598. The van der Waals surface area contributed by atoms with Gasteiger partial charge in [0, 0.05) is 41.3 Å². The van der Waals surface area contributed by atoms with Crippen LogP contribution in [0.2, 0.25) is 0 Å². The molecule has 158 valence electrons. The number of benzene rings is 2. The van der Waals surface area contributed by atoms with Gasteiger partial charge in [-0.2, -0.15) is 0 Å². The number of fused-ring (bicyclic) bond motifs is 1. The molecule has 0 aliphatic carbocycles. The van der Waals surface area contributed by atoms with Gasteiger partial charge in [0.05, 0.1) is 20.8 Å². The number of amides is 1. The molecule has 3 aromatic rings. The number of H-pyrrole nitrogens is 1. The topological polar surface area (TPSA) is 66.6 Å². The first-order chi connectivity index (χ1) is 14.7. The van der Waals surface area contributed by atoms with Crippen LogP contribution in [0.15, 0.2) is 48.7 Å². The minimum Gasteiger partial charge on any atom is -0.497 e. The van der Waals surface area contributed by atoms with Gasteiger partial charge in [0.2, 0.25) is 5.91 Å². The van der Waals surface area contributed by atoms with E-state index in [-0.39, 0.29) is 11.9 Å². The summed E-state index contributed by atoms with van der Waals surface area (Å²) in [5.41, 5.74) is 3.47. The molecule has 0 unspecified atom stereocenters. The maximum atomic E-state index is 12.6. The molecule has 30 heavy (non-hydrogen) atoms. The van der Waals surface area contributed by atoms with Crippen LogP contribution < -0.4 is 14.8 Å². The molecule has 4 rings (SSSR count). The lowest BCUT2D eigenvalue weighted by Crippen LogP contribution is -2.37. The normalized spacial score (nSPS) is 16.7. The van der Waals surface area contributed by atoms with Crippen molar-refractivity contribution in [2.24, 2.45) is 0 Å². The van der Waals surface area contributed by atoms with Gasteiger partial charge in [-0.15, -0.1) is 0 Å². The molecule has 0 saturated carbocycles. The third-order valence-electron chi connectivity index (χ3n) is 5.90. The number of nitrogens with one attached hydrogen (secondary N) is 2. The molecule has 1 aliphatic heterocycles. The predicted molar refractivity (Wildman–Crippen MR) is 118 cm³/mol. The van der Waals surface area contributed by atoms with E-state index in [2.05, 4.69) is 33.4 Å². The van der Waals surface area contributed by atoms with Gasteiger partial charge in [-0.1, -0.05) is 24.3 Å². The monoisotopic (exact) mass is 407 g/mol. The summed E-state index contributed by atoms with van der Waals surface area (Å²) in [6.45, 7) is 1.94. The Morgan fingerprint density at radius 3 is 2.90 bits per heavy atom. The molecule has 0 radical (unpaired) electrons. The second kappa shape index (κ2) is 9.22. The highest BCUT2D eigenvalue weighted by Gasteiger charge is 2.29. The smallest absolute Gasteiger partial charge is 0.234 e. The molecular weight excluding hydrogens is 378 g/mol. The van der Waals surface area contributed by atoms with Crippen LogP contribution in [0.4, 0.5) is 0 Å². The molecule has 2 heterocycles. The standard InChI is InChI=1S/C24H29N3O3/c1-29-18-9-10-20(23(14-18)30-2)22-8-5-13-27(22)16-24(28)25-12-11-17-15-26-21-7-4-3-6-19(17)21/h3-4,6-7,9-10,14-15,22,26H,5,8,11-13,16H2,1-2H3,(H,25,28)/t22-/m0/s1. The zero-order chi connectivity index (χ0) is 20.9. The first kappa shape index (κ1) is 20.3. The van der Waals surface area contributed by atoms with Crippen LogP contribution in [0.3, 0.4) is 0 Å². The molecule has 1 fully saturated rings. The van der Waals surface area contributed by atoms with E-state index in [1.54, 1.807) is 14.2 Å². The summed E-state index contributed by atoms with van der Waals surface area (Å²) in [6.07, 6.45) is 4.93. The molecule has 6 heteroatoms. The molecule has 0 spiro atoms. The minimum atomic E-state index is 0.0641. The third kappa shape index (κ3) is 4.28. The van der Waals surface area contributed by atoms with E-state index in [0.29, 0.717) is 13.1 Å². The lowest BCUT2D eigenvalue weighted by Gasteiger charge is -2.25. The Bertz CT molecular complexity index is 1010. The molecule has 1 amide bonds. The van der Waals surface area contributed by atoms with E-state index >= 15 is 0 Å². The maximum absolute atomic E-state index is 12.6. The summed E-state index contributed by atoms with van der Waals surface area (Å²) in [6, 6.07) is 14.3. The highest BCUT2D eigenvalue weighted by atomic mass is 16.5. The fourth-order valence-corrected chi connectivity index (χ4v) is 4.38. The molecule has 1 aromatic heterocycles. The van der Waals surface area contributed by atoms with Crippen molar-refractivity contribution in [3.8, 4) is 11.5 Å². The molecule has 2 aromatic carbocycles. The number of carbonyl (C=O) groups excluding carboxylic acids is 1. The fraction of sp³-hybridized carbons (Fsp3) is 0.375. The van der Waals surface area contributed by atoms with Crippen molar-refractivity contribution in [1.29, 1.82) is 0 Å². The Labute approximate surface area is 177 Å². The van der Waals surface area contributed by atoms with E-state index < -0.39 is 0 Å². The Morgan fingerprint density at radius 1 is 1.20 bits per heavy atom. The lowest BCUT2D eigenvalue weighted by atomic mass is 10.0. The number of rotatable bonds is 8. The van der Waals surface area contributed by atoms with Gasteiger partial charge in [-0.25, -0.2) is 0 Å². The SMILES string of the molecule is COc1ccc([C@@H]2CCCN2CC(=O)NCCc2c[nH]c3ccccc23)c(OC)c1. The van der Waals surface area contributed by atoms with Crippen molar-refractivity contribution in [2.75, 3.05) is 33.9 Å². The van der Waals surface area contributed by atoms with Crippen molar-refractivity contribution < 1.29 is 14.3 Å². The van der Waals surface area contributed by atoms with Crippen molar-refractivity contribution in [3.63, 3.8) is 0 Å². The minimum absolute atomic E-state index is 0.0641. The lowest BCUT2D eigenvalue weighted by molar-refractivity contribution is -0.122. The summed E-state index contributed by atoms with van der Waals surface area (Å²) < 4.78 is 10.9. The number of ether oxygens (including phenoxy) is 2. The van der Waals surface area contributed by atoms with Gasteiger partial charge in [-0.3, -0.25) is 9.69 Å². The number of methoxy groups -OCH3 is 2. The second-order valence-electron chi connectivity index (χ2n) is 7.70. The Kier molecular flexibility index (Phi) is 6.23. The number of hydrogen-bond acceptors (Lipinski definition) is 4. The van der Waals surface area contributed by atoms with Crippen LogP contribution in [-0.2, 0) is 11.2 Å². The average molecular weight is 408 g/mol. The largest absolute Gasteiger partial charge is 0.497 e. The van der Waals surface area contributed by atoms with Gasteiger partial charge in [0.1, 0.15) is 11.5 Å². The van der Waals surface area contributed by atoms with Crippen molar-refractivity contribution in [3.05, 3.63) is 59.8 Å². The zero-order valence-electron chi connectivity index (χ0n) is 17.6. The van der Waals surface area contributed by atoms with E-state index in [4.69, 9.17) is 9.47 Å². The molecule has 2 N–H and O–H groups in total. The number of nitrogens with zero attached hydrogens (tertiary/aromatic N) is 1. The number of para-hydroxylation sites is 1. The summed E-state index contributed by atoms with van der Waals surface area (Å²) in [5.74, 6) is 1.65. The van der Waals surface area contributed by atoms with Gasteiger partial charge in [0.25, 0.3) is 0 Å². The second-order valence-corrected chi connectivity index (χ2v) is 7.70. The first-order valence-corrected chi connectivity index (χ1v) is 10.5. The van der Waals surface area contributed by atoms with Crippen LogP contribution in [0.1, 0.15) is 30.0 Å². The Balaban J connectivity index is 1.34. The van der Waals surface area contributed by atoms with Crippen molar-refractivity contribution >= 4 is 16.8 Å². The predicted octanol–water partition coefficient (Wildman–Crippen LogP) is 3.68. The number of carbonyl (C=O) groups is 1. The maximum Gasteiger partial charge on any atom is 0.234 e. The van der Waals surface area contributed by atoms with Crippen LogP contribution in [0.5, 0.6) is 11.5 Å². The number of aromatic amines is 1. The summed E-state index contributed by atoms with van der Waals surface area (Å²) in [7, 11) is 3.33.